The lowest BCUT2D eigenvalue weighted by Gasteiger charge is -2.13. The fourth-order valence-electron chi connectivity index (χ4n) is 2.73. The second-order valence-electron chi connectivity index (χ2n) is 6.40. The van der Waals surface area contributed by atoms with E-state index in [0.717, 1.165) is 22.2 Å². The van der Waals surface area contributed by atoms with Gasteiger partial charge in [0.25, 0.3) is 11.1 Å². The molecular weight excluding hydrogens is 442 g/mol. The normalized spacial score (nSPS) is 14.8. The number of methoxy groups -OCH3 is 1. The number of thioether (sulfide) groups is 1. The van der Waals surface area contributed by atoms with E-state index in [4.69, 9.17) is 21.1 Å². The number of rotatable bonds is 8. The van der Waals surface area contributed by atoms with Gasteiger partial charge in [0, 0.05) is 5.02 Å². The number of imide groups is 1. The van der Waals surface area contributed by atoms with Crippen molar-refractivity contribution in [3.8, 4) is 11.5 Å². The fraction of sp³-hybridized carbons (Fsp3) is 0.227. The molecule has 0 aliphatic carbocycles. The van der Waals surface area contributed by atoms with Crippen molar-refractivity contribution in [1.29, 1.82) is 0 Å². The molecule has 1 saturated heterocycles. The molecule has 0 aromatic heterocycles. The van der Waals surface area contributed by atoms with Crippen molar-refractivity contribution in [2.75, 3.05) is 20.3 Å². The molecule has 7 nitrogen and oxygen atoms in total. The number of amides is 2. The van der Waals surface area contributed by atoms with Gasteiger partial charge in [-0.3, -0.25) is 19.3 Å². The molecular formula is C22H20ClNO6S. The number of carbonyl (C=O) groups excluding carboxylic acids is 3. The molecule has 0 bridgehead atoms. The van der Waals surface area contributed by atoms with E-state index in [9.17, 15) is 14.4 Å². The van der Waals surface area contributed by atoms with Crippen LogP contribution in [0.4, 0.5) is 4.79 Å². The van der Waals surface area contributed by atoms with E-state index in [0.29, 0.717) is 35.3 Å². The van der Waals surface area contributed by atoms with E-state index in [1.807, 2.05) is 19.1 Å². The summed E-state index contributed by atoms with van der Waals surface area (Å²) in [6.07, 6.45) is 1.58. The number of hydrogen-bond acceptors (Lipinski definition) is 7. The van der Waals surface area contributed by atoms with Gasteiger partial charge in [0.15, 0.2) is 11.5 Å². The van der Waals surface area contributed by atoms with Crippen LogP contribution in [0.1, 0.15) is 18.1 Å². The van der Waals surface area contributed by atoms with E-state index in [-0.39, 0.29) is 4.91 Å². The van der Waals surface area contributed by atoms with Crippen LogP contribution < -0.4 is 9.47 Å². The van der Waals surface area contributed by atoms with Crippen LogP contribution in [0.25, 0.3) is 6.08 Å². The maximum Gasteiger partial charge on any atom is 0.325 e. The zero-order valence-corrected chi connectivity index (χ0v) is 18.5. The summed E-state index contributed by atoms with van der Waals surface area (Å²) in [5.41, 5.74) is 1.61. The molecule has 2 aromatic carbocycles. The molecule has 0 spiro atoms. The Hall–Kier alpha value is -2.97. The topological polar surface area (TPSA) is 82.1 Å². The van der Waals surface area contributed by atoms with Crippen LogP contribution in [0.3, 0.4) is 0 Å². The molecule has 9 heteroatoms. The van der Waals surface area contributed by atoms with E-state index in [1.54, 1.807) is 36.4 Å². The molecule has 1 heterocycles. The van der Waals surface area contributed by atoms with Crippen molar-refractivity contribution < 1.29 is 28.6 Å². The number of esters is 1. The predicted octanol–water partition coefficient (Wildman–Crippen LogP) is 4.53. The van der Waals surface area contributed by atoms with E-state index < -0.39 is 23.7 Å². The summed E-state index contributed by atoms with van der Waals surface area (Å²) in [5, 5.41) is 0.133. The number of nitrogens with zero attached hydrogens (tertiary/aromatic N) is 1. The van der Waals surface area contributed by atoms with Crippen LogP contribution in [-0.4, -0.2) is 42.3 Å². The first-order valence-electron chi connectivity index (χ1n) is 9.37. The zero-order chi connectivity index (χ0) is 22.4. The largest absolute Gasteiger partial charge is 0.490 e. The second-order valence-corrected chi connectivity index (χ2v) is 7.83. The molecule has 31 heavy (non-hydrogen) atoms. The summed E-state index contributed by atoms with van der Waals surface area (Å²) in [4.78, 5) is 37.0. The number of hydrogen-bond donors (Lipinski definition) is 0. The summed E-state index contributed by atoms with van der Waals surface area (Å²) in [6, 6.07) is 12.6. The van der Waals surface area contributed by atoms with Crippen LogP contribution in [0.5, 0.6) is 11.5 Å². The molecule has 1 aliphatic heterocycles. The van der Waals surface area contributed by atoms with Gasteiger partial charge in [0.05, 0.1) is 18.6 Å². The summed E-state index contributed by atoms with van der Waals surface area (Å²) in [5.74, 6) is -0.141. The molecule has 1 fully saturated rings. The van der Waals surface area contributed by atoms with Gasteiger partial charge in [-0.05, 0) is 60.2 Å². The quantitative estimate of drug-likeness (QED) is 0.422. The molecule has 0 saturated carbocycles. The first-order valence-corrected chi connectivity index (χ1v) is 10.6. The zero-order valence-electron chi connectivity index (χ0n) is 16.9. The Morgan fingerprint density at radius 2 is 1.84 bits per heavy atom. The maximum atomic E-state index is 12.5. The van der Waals surface area contributed by atoms with Gasteiger partial charge in [-0.15, -0.1) is 0 Å². The molecule has 162 valence electrons. The Morgan fingerprint density at radius 3 is 2.52 bits per heavy atom. The van der Waals surface area contributed by atoms with Gasteiger partial charge < -0.3 is 14.2 Å². The van der Waals surface area contributed by atoms with Crippen LogP contribution in [0.15, 0.2) is 47.4 Å². The van der Waals surface area contributed by atoms with Crippen molar-refractivity contribution in [2.45, 2.75) is 13.5 Å². The van der Waals surface area contributed by atoms with Gasteiger partial charge >= 0.3 is 5.97 Å². The Morgan fingerprint density at radius 1 is 1.10 bits per heavy atom. The number of benzene rings is 2. The van der Waals surface area contributed by atoms with Crippen LogP contribution in [0, 0.1) is 0 Å². The fourth-order valence-corrected chi connectivity index (χ4v) is 3.69. The molecule has 3 rings (SSSR count). The monoisotopic (exact) mass is 461 g/mol. The lowest BCUT2D eigenvalue weighted by atomic mass is 10.1. The summed E-state index contributed by atoms with van der Waals surface area (Å²) in [7, 11) is 1.20. The number of carbonyl (C=O) groups is 3. The van der Waals surface area contributed by atoms with Gasteiger partial charge in [0.1, 0.15) is 13.2 Å². The first-order chi connectivity index (χ1) is 14.9. The minimum Gasteiger partial charge on any atom is -0.490 e. The molecule has 0 N–H and O–H groups in total. The molecule has 0 atom stereocenters. The number of ether oxygens (including phenoxy) is 3. The van der Waals surface area contributed by atoms with E-state index in [1.165, 1.54) is 7.11 Å². The third-order valence-electron chi connectivity index (χ3n) is 4.26. The Bertz CT molecular complexity index is 1020. The van der Waals surface area contributed by atoms with Crippen molar-refractivity contribution in [2.24, 2.45) is 0 Å². The van der Waals surface area contributed by atoms with Crippen LogP contribution >= 0.6 is 23.4 Å². The third-order valence-corrected chi connectivity index (χ3v) is 5.42. The Balaban J connectivity index is 1.77. The van der Waals surface area contributed by atoms with Gasteiger partial charge in [-0.2, -0.15) is 0 Å². The maximum absolute atomic E-state index is 12.5. The standard InChI is InChI=1S/C22H20ClNO6S/c1-3-29-18-10-15(6-9-17(18)30-13-14-4-7-16(23)8-5-14)11-19-21(26)24(22(27)31-19)12-20(25)28-2/h4-11H,3,12-13H2,1-2H3. The minimum atomic E-state index is -0.663. The molecule has 0 radical (unpaired) electrons. The average Bonchev–Trinajstić information content (AvgIpc) is 3.01. The summed E-state index contributed by atoms with van der Waals surface area (Å²) in [6.45, 7) is 2.20. The van der Waals surface area contributed by atoms with Gasteiger partial charge in [-0.1, -0.05) is 29.8 Å². The summed E-state index contributed by atoms with van der Waals surface area (Å²) < 4.78 is 16.1. The van der Waals surface area contributed by atoms with Crippen molar-refractivity contribution in [3.05, 3.63) is 63.5 Å². The lowest BCUT2D eigenvalue weighted by Crippen LogP contribution is -2.34. The van der Waals surface area contributed by atoms with Gasteiger partial charge in [-0.25, -0.2) is 0 Å². The minimum absolute atomic E-state index is 0.214. The SMILES string of the molecule is CCOc1cc(C=C2SC(=O)N(CC(=O)OC)C2=O)ccc1OCc1ccc(Cl)cc1. The highest BCUT2D eigenvalue weighted by molar-refractivity contribution is 8.18. The van der Waals surface area contributed by atoms with Crippen LogP contribution in [-0.2, 0) is 20.9 Å². The highest BCUT2D eigenvalue weighted by Crippen LogP contribution is 2.35. The van der Waals surface area contributed by atoms with E-state index >= 15 is 0 Å². The third kappa shape index (κ3) is 5.80. The van der Waals surface area contributed by atoms with Crippen molar-refractivity contribution in [3.63, 3.8) is 0 Å². The molecule has 2 amide bonds. The molecule has 1 aliphatic rings. The molecule has 0 unspecified atom stereocenters. The predicted molar refractivity (Wildman–Crippen MR) is 118 cm³/mol. The number of halogens is 1. The molecule has 2 aromatic rings. The highest BCUT2D eigenvalue weighted by atomic mass is 35.5. The Kier molecular flexibility index (Phi) is 7.59. The Labute approximate surface area is 188 Å². The first kappa shape index (κ1) is 22.7. The van der Waals surface area contributed by atoms with E-state index in [2.05, 4.69) is 4.74 Å². The van der Waals surface area contributed by atoms with Crippen molar-refractivity contribution >= 4 is 46.6 Å². The smallest absolute Gasteiger partial charge is 0.325 e. The second kappa shape index (κ2) is 10.4. The van der Waals surface area contributed by atoms with Crippen molar-refractivity contribution in [1.82, 2.24) is 4.90 Å². The van der Waals surface area contributed by atoms with Gasteiger partial charge in [0.2, 0.25) is 0 Å². The average molecular weight is 462 g/mol. The van der Waals surface area contributed by atoms with Crippen LogP contribution in [0.2, 0.25) is 5.02 Å². The highest BCUT2D eigenvalue weighted by Gasteiger charge is 2.36. The lowest BCUT2D eigenvalue weighted by molar-refractivity contribution is -0.143. The summed E-state index contributed by atoms with van der Waals surface area (Å²) >= 11 is 6.67.